The standard InChI is InChI=1S/C9H20N2/c1-2-4-8-7-9(8)11-6-3-5-10/h8-9,11H,2-7,10H2,1H3. The molecule has 1 aliphatic rings. The first-order valence-electron chi connectivity index (χ1n) is 4.82. The Kier molecular flexibility index (Phi) is 3.87. The fraction of sp³-hybridized carbons (Fsp3) is 1.00. The summed E-state index contributed by atoms with van der Waals surface area (Å²) in [7, 11) is 0. The molecule has 0 aromatic heterocycles. The van der Waals surface area contributed by atoms with Gasteiger partial charge >= 0.3 is 0 Å². The Labute approximate surface area is 69.5 Å². The van der Waals surface area contributed by atoms with Gasteiger partial charge in [-0.25, -0.2) is 0 Å². The summed E-state index contributed by atoms with van der Waals surface area (Å²) in [4.78, 5) is 0. The molecule has 1 saturated carbocycles. The molecule has 0 aromatic rings. The lowest BCUT2D eigenvalue weighted by Crippen LogP contribution is -2.21. The van der Waals surface area contributed by atoms with E-state index in [9.17, 15) is 0 Å². The van der Waals surface area contributed by atoms with E-state index in [0.29, 0.717) is 0 Å². The molecule has 0 radical (unpaired) electrons. The maximum Gasteiger partial charge on any atom is 0.00991 e. The van der Waals surface area contributed by atoms with Crippen LogP contribution in [0.5, 0.6) is 0 Å². The van der Waals surface area contributed by atoms with Gasteiger partial charge in [-0.3, -0.25) is 0 Å². The molecule has 66 valence electrons. The fourth-order valence-corrected chi connectivity index (χ4v) is 1.58. The quantitative estimate of drug-likeness (QED) is 0.565. The number of nitrogens with one attached hydrogen (secondary N) is 1. The monoisotopic (exact) mass is 156 g/mol. The van der Waals surface area contributed by atoms with Crippen LogP contribution < -0.4 is 11.1 Å². The lowest BCUT2D eigenvalue weighted by Gasteiger charge is -2.01. The molecule has 0 aromatic carbocycles. The van der Waals surface area contributed by atoms with Crippen molar-refractivity contribution in [3.8, 4) is 0 Å². The lowest BCUT2D eigenvalue weighted by molar-refractivity contribution is 0.587. The molecule has 1 rings (SSSR count). The highest BCUT2D eigenvalue weighted by molar-refractivity contribution is 4.92. The van der Waals surface area contributed by atoms with E-state index in [2.05, 4.69) is 12.2 Å². The van der Waals surface area contributed by atoms with E-state index in [-0.39, 0.29) is 0 Å². The highest BCUT2D eigenvalue weighted by atomic mass is 15.0. The Hall–Kier alpha value is -0.0800. The van der Waals surface area contributed by atoms with Crippen molar-refractivity contribution >= 4 is 0 Å². The van der Waals surface area contributed by atoms with Crippen molar-refractivity contribution in [2.45, 2.75) is 38.6 Å². The van der Waals surface area contributed by atoms with Crippen LogP contribution in [0.15, 0.2) is 0 Å². The van der Waals surface area contributed by atoms with Crippen LogP contribution in [0.4, 0.5) is 0 Å². The number of hydrogen-bond donors (Lipinski definition) is 2. The molecule has 0 aliphatic heterocycles. The minimum Gasteiger partial charge on any atom is -0.330 e. The summed E-state index contributed by atoms with van der Waals surface area (Å²) >= 11 is 0. The minimum atomic E-state index is 0.818. The van der Waals surface area contributed by atoms with Gasteiger partial charge in [0.1, 0.15) is 0 Å². The van der Waals surface area contributed by atoms with E-state index in [1.807, 2.05) is 0 Å². The second-order valence-corrected chi connectivity index (χ2v) is 3.49. The summed E-state index contributed by atoms with van der Waals surface area (Å²) in [5.74, 6) is 0.984. The second kappa shape index (κ2) is 4.73. The Bertz CT molecular complexity index is 104. The van der Waals surface area contributed by atoms with Crippen molar-refractivity contribution in [3.05, 3.63) is 0 Å². The van der Waals surface area contributed by atoms with Crippen LogP contribution in [0.2, 0.25) is 0 Å². The zero-order valence-corrected chi connectivity index (χ0v) is 7.47. The summed E-state index contributed by atoms with van der Waals surface area (Å²) in [6.07, 6.45) is 5.26. The van der Waals surface area contributed by atoms with Crippen LogP contribution in [-0.2, 0) is 0 Å². The van der Waals surface area contributed by atoms with E-state index in [4.69, 9.17) is 5.73 Å². The van der Waals surface area contributed by atoms with Gasteiger partial charge in [0.15, 0.2) is 0 Å². The van der Waals surface area contributed by atoms with Crippen LogP contribution in [0, 0.1) is 5.92 Å². The van der Waals surface area contributed by atoms with Gasteiger partial charge in [0.2, 0.25) is 0 Å². The predicted octanol–water partition coefficient (Wildman–Crippen LogP) is 1.11. The first-order chi connectivity index (χ1) is 5.38. The molecular formula is C9H20N2. The zero-order chi connectivity index (χ0) is 8.10. The first-order valence-corrected chi connectivity index (χ1v) is 4.82. The molecule has 2 atom stereocenters. The smallest absolute Gasteiger partial charge is 0.00991 e. The van der Waals surface area contributed by atoms with Crippen molar-refractivity contribution in [2.24, 2.45) is 11.7 Å². The molecular weight excluding hydrogens is 136 g/mol. The molecule has 0 heterocycles. The van der Waals surface area contributed by atoms with Crippen LogP contribution in [-0.4, -0.2) is 19.1 Å². The number of hydrogen-bond acceptors (Lipinski definition) is 2. The molecule has 3 N–H and O–H groups in total. The molecule has 0 spiro atoms. The molecule has 0 amide bonds. The highest BCUT2D eigenvalue weighted by Crippen LogP contribution is 2.34. The minimum absolute atomic E-state index is 0.818. The van der Waals surface area contributed by atoms with E-state index >= 15 is 0 Å². The predicted molar refractivity (Wildman–Crippen MR) is 48.5 cm³/mol. The van der Waals surface area contributed by atoms with Gasteiger partial charge in [0, 0.05) is 6.04 Å². The second-order valence-electron chi connectivity index (χ2n) is 3.49. The zero-order valence-electron chi connectivity index (χ0n) is 7.47. The van der Waals surface area contributed by atoms with Crippen LogP contribution >= 0.6 is 0 Å². The maximum absolute atomic E-state index is 5.39. The fourth-order valence-electron chi connectivity index (χ4n) is 1.58. The third-order valence-electron chi connectivity index (χ3n) is 2.37. The van der Waals surface area contributed by atoms with Crippen molar-refractivity contribution < 1.29 is 0 Å². The average molecular weight is 156 g/mol. The van der Waals surface area contributed by atoms with Gasteiger partial charge in [0.25, 0.3) is 0 Å². The summed E-state index contributed by atoms with van der Waals surface area (Å²) in [6.45, 7) is 4.19. The molecule has 1 aliphatic carbocycles. The third kappa shape index (κ3) is 3.21. The highest BCUT2D eigenvalue weighted by Gasteiger charge is 2.34. The van der Waals surface area contributed by atoms with E-state index in [0.717, 1.165) is 31.5 Å². The average Bonchev–Trinajstić information content (AvgIpc) is 2.70. The summed E-state index contributed by atoms with van der Waals surface area (Å²) in [5, 5.41) is 3.51. The summed E-state index contributed by atoms with van der Waals surface area (Å²) < 4.78 is 0. The molecule has 0 bridgehead atoms. The van der Waals surface area contributed by atoms with E-state index in [1.54, 1.807) is 0 Å². The lowest BCUT2D eigenvalue weighted by atomic mass is 10.2. The van der Waals surface area contributed by atoms with Crippen LogP contribution in [0.25, 0.3) is 0 Å². The van der Waals surface area contributed by atoms with Gasteiger partial charge in [0.05, 0.1) is 0 Å². The van der Waals surface area contributed by atoms with Crippen molar-refractivity contribution in [2.75, 3.05) is 13.1 Å². The van der Waals surface area contributed by atoms with E-state index in [1.165, 1.54) is 19.3 Å². The van der Waals surface area contributed by atoms with Crippen molar-refractivity contribution in [1.29, 1.82) is 0 Å². The summed E-state index contributed by atoms with van der Waals surface area (Å²) in [5.41, 5.74) is 5.39. The largest absolute Gasteiger partial charge is 0.330 e. The Morgan fingerprint density at radius 1 is 1.55 bits per heavy atom. The third-order valence-corrected chi connectivity index (χ3v) is 2.37. The Morgan fingerprint density at radius 2 is 2.36 bits per heavy atom. The molecule has 2 nitrogen and oxygen atoms in total. The molecule has 0 saturated heterocycles. The Morgan fingerprint density at radius 3 is 3.00 bits per heavy atom. The molecule has 2 heteroatoms. The van der Waals surface area contributed by atoms with E-state index < -0.39 is 0 Å². The van der Waals surface area contributed by atoms with Gasteiger partial charge in [-0.2, -0.15) is 0 Å². The first kappa shape index (κ1) is 9.01. The maximum atomic E-state index is 5.39. The summed E-state index contributed by atoms with van der Waals surface area (Å²) in [6, 6.07) is 0.835. The number of nitrogens with two attached hydrogens (primary N) is 1. The molecule has 2 unspecified atom stereocenters. The normalized spacial score (nSPS) is 28.9. The van der Waals surface area contributed by atoms with Gasteiger partial charge in [-0.1, -0.05) is 13.3 Å². The van der Waals surface area contributed by atoms with Gasteiger partial charge in [-0.05, 0) is 38.3 Å². The van der Waals surface area contributed by atoms with Crippen molar-refractivity contribution in [1.82, 2.24) is 5.32 Å². The van der Waals surface area contributed by atoms with Crippen LogP contribution in [0.3, 0.4) is 0 Å². The van der Waals surface area contributed by atoms with Gasteiger partial charge in [-0.15, -0.1) is 0 Å². The topological polar surface area (TPSA) is 38.0 Å². The Balaban J connectivity index is 1.87. The van der Waals surface area contributed by atoms with Gasteiger partial charge < -0.3 is 11.1 Å². The number of rotatable bonds is 6. The van der Waals surface area contributed by atoms with Crippen molar-refractivity contribution in [3.63, 3.8) is 0 Å². The molecule has 11 heavy (non-hydrogen) atoms. The SMILES string of the molecule is CCCC1CC1NCCCN. The molecule has 1 fully saturated rings. The van der Waals surface area contributed by atoms with Crippen LogP contribution in [0.1, 0.15) is 32.6 Å².